The molecule has 0 bridgehead atoms. The molecule has 2 N–H and O–H groups in total. The largest absolute Gasteiger partial charge is 0.416 e. The number of amides is 1. The van der Waals surface area contributed by atoms with Crippen LogP contribution in [-0.2, 0) is 37.3 Å². The van der Waals surface area contributed by atoms with E-state index in [1.165, 1.54) is 37.3 Å². The summed E-state index contributed by atoms with van der Waals surface area (Å²) in [5.41, 5.74) is -2.52. The van der Waals surface area contributed by atoms with Crippen molar-refractivity contribution in [2.24, 2.45) is 0 Å². The number of benzene rings is 2. The molecular weight excluding hydrogens is 625 g/mol. The van der Waals surface area contributed by atoms with Gasteiger partial charge in [0, 0.05) is 43.8 Å². The van der Waals surface area contributed by atoms with Gasteiger partial charge in [-0.2, -0.15) is 13.2 Å². The monoisotopic (exact) mass is 656 g/mol. The lowest BCUT2D eigenvalue weighted by molar-refractivity contribution is -0.137. The Bertz CT molecular complexity index is 1790. The fourth-order valence-electron chi connectivity index (χ4n) is 4.58. The minimum atomic E-state index is -4.74. The van der Waals surface area contributed by atoms with Crippen LogP contribution in [0.15, 0.2) is 69.2 Å². The highest BCUT2D eigenvalue weighted by atomic mass is 32.2. The summed E-state index contributed by atoms with van der Waals surface area (Å²) in [5, 5.41) is 0. The second-order valence-electron chi connectivity index (χ2n) is 10.2. The SMILES string of the molecule is Cc1[nH]c(=O)c(C(=O)N(Cc2ccc(S(C)(=O)=O)cc2)c2cccc(C(F)(F)F)c2)cc1S(=O)(=O)NCCN1CCOCC1. The predicted octanol–water partition coefficient (Wildman–Crippen LogP) is 2.56. The molecule has 0 radical (unpaired) electrons. The number of hydrogen-bond donors (Lipinski definition) is 2. The molecule has 2 heterocycles. The molecule has 4 rings (SSSR count). The van der Waals surface area contributed by atoms with Crippen molar-refractivity contribution in [2.45, 2.75) is 29.4 Å². The average Bonchev–Trinajstić information content (AvgIpc) is 2.95. The summed E-state index contributed by atoms with van der Waals surface area (Å²) in [5.74, 6) is -1.07. The smallest absolute Gasteiger partial charge is 0.379 e. The molecule has 1 aliphatic rings. The number of anilines is 1. The zero-order valence-corrected chi connectivity index (χ0v) is 25.5. The van der Waals surface area contributed by atoms with Crippen LogP contribution in [0.1, 0.15) is 27.2 Å². The predicted molar refractivity (Wildman–Crippen MR) is 156 cm³/mol. The van der Waals surface area contributed by atoms with Crippen molar-refractivity contribution in [1.82, 2.24) is 14.6 Å². The lowest BCUT2D eigenvalue weighted by Crippen LogP contribution is -2.41. The summed E-state index contributed by atoms with van der Waals surface area (Å²) >= 11 is 0. The number of sulfonamides is 1. The first kappa shape index (κ1) is 33.3. The molecule has 1 aromatic heterocycles. The van der Waals surface area contributed by atoms with Gasteiger partial charge in [-0.05, 0) is 48.9 Å². The van der Waals surface area contributed by atoms with Crippen LogP contribution in [0.5, 0.6) is 0 Å². The summed E-state index contributed by atoms with van der Waals surface area (Å²) in [6.45, 7) is 3.77. The van der Waals surface area contributed by atoms with E-state index in [1.807, 2.05) is 4.90 Å². The van der Waals surface area contributed by atoms with Crippen LogP contribution in [0.3, 0.4) is 0 Å². The maximum absolute atomic E-state index is 13.9. The van der Waals surface area contributed by atoms with Gasteiger partial charge in [0.15, 0.2) is 9.84 Å². The Balaban J connectivity index is 1.70. The third-order valence-electron chi connectivity index (χ3n) is 6.96. The number of carbonyl (C=O) groups is 1. The standard InChI is InChI=1S/C28H31F3N4O7S2/c1-19-25(44(40,41)32-10-11-34-12-14-42-15-13-34)17-24(26(36)33-19)27(37)35(22-5-3-4-21(16-22)28(29,30)31)18-20-6-8-23(9-7-20)43(2,38)39/h3-9,16-17,32H,10-15,18H2,1-2H3,(H,33,36). The zero-order valence-electron chi connectivity index (χ0n) is 23.8. The fraction of sp³-hybridized carbons (Fsp3) is 0.357. The van der Waals surface area contributed by atoms with E-state index >= 15 is 0 Å². The lowest BCUT2D eigenvalue weighted by atomic mass is 10.1. The Morgan fingerprint density at radius 2 is 1.70 bits per heavy atom. The number of nitrogens with one attached hydrogen (secondary N) is 2. The molecule has 1 aliphatic heterocycles. The number of aryl methyl sites for hydroxylation is 1. The van der Waals surface area contributed by atoms with Crippen molar-refractivity contribution in [3.8, 4) is 0 Å². The number of hydrogen-bond acceptors (Lipinski definition) is 8. The van der Waals surface area contributed by atoms with Crippen LogP contribution in [-0.4, -0.2) is 78.3 Å². The number of alkyl halides is 3. The Hall–Kier alpha value is -3.57. The highest BCUT2D eigenvalue weighted by Crippen LogP contribution is 2.32. The van der Waals surface area contributed by atoms with E-state index in [9.17, 15) is 39.6 Å². The van der Waals surface area contributed by atoms with Gasteiger partial charge in [0.05, 0.1) is 30.2 Å². The molecule has 0 spiro atoms. The summed E-state index contributed by atoms with van der Waals surface area (Å²) in [7, 11) is -7.76. The molecule has 1 amide bonds. The van der Waals surface area contributed by atoms with Crippen LogP contribution >= 0.6 is 0 Å². The van der Waals surface area contributed by atoms with Crippen molar-refractivity contribution in [1.29, 1.82) is 0 Å². The van der Waals surface area contributed by atoms with E-state index in [0.717, 1.165) is 35.4 Å². The van der Waals surface area contributed by atoms with Crippen molar-refractivity contribution in [2.75, 3.05) is 50.5 Å². The number of aromatic amines is 1. The second kappa shape index (κ2) is 13.2. The number of pyridine rings is 1. The molecule has 44 heavy (non-hydrogen) atoms. The minimum Gasteiger partial charge on any atom is -0.379 e. The molecule has 2 aromatic carbocycles. The average molecular weight is 657 g/mol. The van der Waals surface area contributed by atoms with Crippen molar-refractivity contribution < 1.29 is 39.5 Å². The maximum Gasteiger partial charge on any atom is 0.416 e. The van der Waals surface area contributed by atoms with Gasteiger partial charge < -0.3 is 14.6 Å². The van der Waals surface area contributed by atoms with E-state index in [2.05, 4.69) is 9.71 Å². The number of sulfone groups is 1. The zero-order chi connectivity index (χ0) is 32.3. The molecule has 0 saturated carbocycles. The molecule has 0 aliphatic carbocycles. The number of ether oxygens (including phenoxy) is 1. The van der Waals surface area contributed by atoms with Crippen molar-refractivity contribution >= 4 is 31.5 Å². The van der Waals surface area contributed by atoms with Gasteiger partial charge >= 0.3 is 6.18 Å². The summed E-state index contributed by atoms with van der Waals surface area (Å²) in [4.78, 5) is 31.7. The molecule has 11 nitrogen and oxygen atoms in total. The maximum atomic E-state index is 13.9. The molecule has 1 saturated heterocycles. The van der Waals surface area contributed by atoms with Crippen molar-refractivity contribution in [3.63, 3.8) is 0 Å². The number of aromatic nitrogens is 1. The Morgan fingerprint density at radius 1 is 1.05 bits per heavy atom. The number of morpholine rings is 1. The number of H-pyrrole nitrogens is 1. The summed E-state index contributed by atoms with van der Waals surface area (Å²) in [6, 6.07) is 10.1. The van der Waals surface area contributed by atoms with Crippen molar-refractivity contribution in [3.05, 3.63) is 87.3 Å². The quantitative estimate of drug-likeness (QED) is 0.339. The Kier molecular flexibility index (Phi) is 9.99. The lowest BCUT2D eigenvalue weighted by Gasteiger charge is -2.26. The third-order valence-corrected chi connectivity index (χ3v) is 9.67. The number of rotatable bonds is 10. The Morgan fingerprint density at radius 3 is 2.32 bits per heavy atom. The first-order valence-corrected chi connectivity index (χ1v) is 16.8. The normalized spacial score (nSPS) is 14.8. The number of nitrogens with zero attached hydrogens (tertiary/aromatic N) is 2. The second-order valence-corrected chi connectivity index (χ2v) is 14.0. The van der Waals surface area contributed by atoms with Crippen LogP contribution in [0.25, 0.3) is 0 Å². The van der Waals surface area contributed by atoms with E-state index in [0.29, 0.717) is 38.4 Å². The molecular formula is C28H31F3N4O7S2. The molecule has 3 aromatic rings. The van der Waals surface area contributed by atoms with Gasteiger partial charge in [0.1, 0.15) is 10.5 Å². The fourth-order valence-corrected chi connectivity index (χ4v) is 6.46. The minimum absolute atomic E-state index is 0.0101. The van der Waals surface area contributed by atoms with Crippen LogP contribution in [0, 0.1) is 6.92 Å². The molecule has 0 unspecified atom stereocenters. The van der Waals surface area contributed by atoms with Gasteiger partial charge in [0.2, 0.25) is 10.0 Å². The van der Waals surface area contributed by atoms with Crippen LogP contribution < -0.4 is 15.2 Å². The van der Waals surface area contributed by atoms with E-state index in [4.69, 9.17) is 4.74 Å². The van der Waals surface area contributed by atoms with E-state index in [1.54, 1.807) is 0 Å². The van der Waals surface area contributed by atoms with Crippen LogP contribution in [0.4, 0.5) is 18.9 Å². The molecule has 238 valence electrons. The van der Waals surface area contributed by atoms with E-state index in [-0.39, 0.29) is 34.3 Å². The number of halogens is 3. The first-order chi connectivity index (χ1) is 20.6. The van der Waals surface area contributed by atoms with E-state index < -0.39 is 48.6 Å². The van der Waals surface area contributed by atoms with Gasteiger partial charge in [-0.1, -0.05) is 18.2 Å². The highest BCUT2D eigenvalue weighted by molar-refractivity contribution is 7.90. The topological polar surface area (TPSA) is 146 Å². The van der Waals surface area contributed by atoms with Gasteiger partial charge in [-0.25, -0.2) is 21.6 Å². The highest BCUT2D eigenvalue weighted by Gasteiger charge is 2.32. The third kappa shape index (κ3) is 8.12. The molecule has 1 fully saturated rings. The number of carbonyl (C=O) groups excluding carboxylic acids is 1. The van der Waals surface area contributed by atoms with Gasteiger partial charge in [-0.15, -0.1) is 0 Å². The Labute approximate surface area is 252 Å². The molecule has 16 heteroatoms. The first-order valence-electron chi connectivity index (χ1n) is 13.4. The summed E-state index contributed by atoms with van der Waals surface area (Å²) in [6.07, 6.45) is -3.73. The summed E-state index contributed by atoms with van der Waals surface area (Å²) < 4.78 is 98.5. The van der Waals surface area contributed by atoms with Gasteiger partial charge in [0.25, 0.3) is 11.5 Å². The molecule has 0 atom stereocenters. The van der Waals surface area contributed by atoms with Gasteiger partial charge in [-0.3, -0.25) is 14.5 Å². The van der Waals surface area contributed by atoms with Crippen LogP contribution in [0.2, 0.25) is 0 Å².